The number of carbonyl (C=O) groups excluding carboxylic acids is 3. The van der Waals surface area contributed by atoms with E-state index in [2.05, 4.69) is 10.1 Å². The van der Waals surface area contributed by atoms with Crippen molar-refractivity contribution >= 4 is 34.2 Å². The highest BCUT2D eigenvalue weighted by Crippen LogP contribution is 2.37. The van der Waals surface area contributed by atoms with Gasteiger partial charge in [0.2, 0.25) is 11.8 Å². The Labute approximate surface area is 224 Å². The van der Waals surface area contributed by atoms with Crippen LogP contribution in [0.4, 0.5) is 23.2 Å². The number of rotatable bonds is 6. The molecule has 2 aliphatic heterocycles. The van der Waals surface area contributed by atoms with Gasteiger partial charge in [-0.1, -0.05) is 6.07 Å². The van der Waals surface area contributed by atoms with Crippen molar-refractivity contribution in [1.82, 2.24) is 9.47 Å². The molecule has 1 spiro atoms. The fraction of sp³-hybridized carbons (Fsp3) is 0.346. The number of nitrogens with zero attached hydrogens (tertiary/aromatic N) is 2. The molecule has 2 aromatic carbocycles. The second kappa shape index (κ2) is 10.1. The second-order valence-corrected chi connectivity index (χ2v) is 9.43. The van der Waals surface area contributed by atoms with Gasteiger partial charge in [-0.2, -0.15) is 0 Å². The molecule has 2 saturated heterocycles. The number of ether oxygens (including phenoxy) is 3. The Morgan fingerprint density at radius 1 is 1.18 bits per heavy atom. The molecule has 0 aliphatic carbocycles. The quantitative estimate of drug-likeness (QED) is 0.347. The van der Waals surface area contributed by atoms with Crippen LogP contribution >= 0.6 is 0 Å². The molecule has 10 nitrogen and oxygen atoms in total. The van der Waals surface area contributed by atoms with Gasteiger partial charge in [0.05, 0.1) is 31.0 Å². The molecule has 2 fully saturated rings. The lowest BCUT2D eigenvalue weighted by Crippen LogP contribution is -2.45. The minimum atomic E-state index is -5.15. The molecule has 3 heterocycles. The molecule has 1 atom stereocenters. The average molecular weight is 565 g/mol. The van der Waals surface area contributed by atoms with Crippen molar-refractivity contribution < 1.29 is 51.3 Å². The lowest BCUT2D eigenvalue weighted by molar-refractivity contribution is -0.275. The van der Waals surface area contributed by atoms with Crippen LogP contribution in [0.3, 0.4) is 0 Å². The first-order chi connectivity index (χ1) is 18.9. The number of fused-ring (bicyclic) bond motifs is 1. The average Bonchev–Trinajstić information content (AvgIpc) is 3.59. The molecule has 212 valence electrons. The number of alkyl halides is 3. The van der Waals surface area contributed by atoms with E-state index in [0.29, 0.717) is 16.5 Å². The Balaban J connectivity index is 1.42. The van der Waals surface area contributed by atoms with E-state index in [4.69, 9.17) is 9.47 Å². The van der Waals surface area contributed by atoms with Gasteiger partial charge in [-0.25, -0.2) is 4.39 Å². The highest BCUT2D eigenvalue weighted by atomic mass is 19.4. The van der Waals surface area contributed by atoms with Gasteiger partial charge in [-0.3, -0.25) is 14.4 Å². The normalized spacial score (nSPS) is 18.4. The number of carbonyl (C=O) groups is 3. The maximum absolute atomic E-state index is 14.7. The SMILES string of the molecule is CC(=O)c1cn(CC(=O)N2CC3(C[C@H]2C(=O)Nc2cccc(OC(F)(F)F)c2F)OCCO3)c2cc(O)ccc12. The van der Waals surface area contributed by atoms with Crippen LogP contribution in [0.1, 0.15) is 23.7 Å². The van der Waals surface area contributed by atoms with Crippen LogP contribution in [0.25, 0.3) is 10.9 Å². The van der Waals surface area contributed by atoms with Crippen molar-refractivity contribution in [2.24, 2.45) is 0 Å². The standard InChI is InChI=1S/C26H23F4N3O7/c1-14(34)17-11-32(19-9-15(35)5-6-16(17)19)12-22(36)33-13-25(38-7-8-39-25)10-20(33)24(37)31-18-3-2-4-21(23(18)27)40-26(28,29)30/h2-6,9,11,20,35H,7-8,10,12-13H2,1H3,(H,31,37)/t20-/m0/s1. The summed E-state index contributed by atoms with van der Waals surface area (Å²) in [4.78, 5) is 40.2. The molecule has 0 radical (unpaired) electrons. The smallest absolute Gasteiger partial charge is 0.508 e. The fourth-order valence-electron chi connectivity index (χ4n) is 5.00. The third-order valence-corrected chi connectivity index (χ3v) is 6.73. The third kappa shape index (κ3) is 5.31. The van der Waals surface area contributed by atoms with Crippen LogP contribution < -0.4 is 10.1 Å². The summed E-state index contributed by atoms with van der Waals surface area (Å²) in [5.74, 6) is -5.67. The van der Waals surface area contributed by atoms with Gasteiger partial charge in [0.25, 0.3) is 0 Å². The number of ketones is 1. The Morgan fingerprint density at radius 2 is 1.90 bits per heavy atom. The number of halogens is 4. The Morgan fingerprint density at radius 3 is 2.58 bits per heavy atom. The summed E-state index contributed by atoms with van der Waals surface area (Å²) in [5, 5.41) is 12.7. The highest BCUT2D eigenvalue weighted by molar-refractivity contribution is 6.07. The molecule has 0 saturated carbocycles. The molecule has 2 amide bonds. The molecule has 14 heteroatoms. The number of likely N-dealkylation sites (tertiary alicyclic amines) is 1. The van der Waals surface area contributed by atoms with E-state index in [1.165, 1.54) is 34.7 Å². The molecule has 1 aromatic heterocycles. The predicted octanol–water partition coefficient (Wildman–Crippen LogP) is 3.57. The number of anilines is 1. The minimum Gasteiger partial charge on any atom is -0.508 e. The third-order valence-electron chi connectivity index (χ3n) is 6.73. The second-order valence-electron chi connectivity index (χ2n) is 9.43. The first-order valence-corrected chi connectivity index (χ1v) is 12.1. The molecular weight excluding hydrogens is 542 g/mol. The Kier molecular flexibility index (Phi) is 6.92. The van der Waals surface area contributed by atoms with Crippen molar-refractivity contribution in [2.45, 2.75) is 38.1 Å². The van der Waals surface area contributed by atoms with Gasteiger partial charge in [-0.05, 0) is 31.2 Å². The molecule has 40 heavy (non-hydrogen) atoms. The number of nitrogens with one attached hydrogen (secondary N) is 1. The van der Waals surface area contributed by atoms with Gasteiger partial charge in [0.15, 0.2) is 23.1 Å². The van der Waals surface area contributed by atoms with E-state index in [0.717, 1.165) is 18.2 Å². The Hall–Kier alpha value is -4.17. The molecule has 0 unspecified atom stereocenters. The summed E-state index contributed by atoms with van der Waals surface area (Å²) in [5.41, 5.74) is 0.158. The van der Waals surface area contributed by atoms with Crippen LogP contribution in [0.15, 0.2) is 42.6 Å². The number of benzene rings is 2. The molecular formula is C26H23F4N3O7. The number of aromatic hydroxyl groups is 1. The molecule has 5 rings (SSSR count). The minimum absolute atomic E-state index is 0.0849. The summed E-state index contributed by atoms with van der Waals surface area (Å²) >= 11 is 0. The first kappa shape index (κ1) is 27.4. The number of hydrogen-bond acceptors (Lipinski definition) is 7. The van der Waals surface area contributed by atoms with Crippen LogP contribution in [0, 0.1) is 5.82 Å². The van der Waals surface area contributed by atoms with Crippen LogP contribution in [0.2, 0.25) is 0 Å². The van der Waals surface area contributed by atoms with Gasteiger partial charge in [0, 0.05) is 29.6 Å². The largest absolute Gasteiger partial charge is 0.573 e. The number of Topliss-reactive ketones (excluding diaryl/α,β-unsaturated/α-hetero) is 1. The number of amides is 2. The van der Waals surface area contributed by atoms with Gasteiger partial charge in [-0.15, -0.1) is 13.2 Å². The number of aromatic nitrogens is 1. The zero-order chi connectivity index (χ0) is 28.8. The maximum Gasteiger partial charge on any atom is 0.573 e. The van der Waals surface area contributed by atoms with Crippen LogP contribution in [0.5, 0.6) is 11.5 Å². The maximum atomic E-state index is 14.7. The van der Waals surface area contributed by atoms with E-state index < -0.39 is 47.3 Å². The monoisotopic (exact) mass is 565 g/mol. The van der Waals surface area contributed by atoms with Crippen LogP contribution in [-0.2, 0) is 25.6 Å². The van der Waals surface area contributed by atoms with Crippen molar-refractivity contribution in [3.8, 4) is 11.5 Å². The van der Waals surface area contributed by atoms with E-state index >= 15 is 0 Å². The van der Waals surface area contributed by atoms with E-state index in [1.807, 2.05) is 0 Å². The summed E-state index contributed by atoms with van der Waals surface area (Å²) in [6.07, 6.45) is -3.80. The van der Waals surface area contributed by atoms with Crippen molar-refractivity contribution in [3.05, 3.63) is 54.0 Å². The molecule has 2 aliphatic rings. The van der Waals surface area contributed by atoms with Crippen molar-refractivity contribution in [2.75, 3.05) is 25.1 Å². The van der Waals surface area contributed by atoms with E-state index in [-0.39, 0.29) is 44.3 Å². The number of hydrogen-bond donors (Lipinski definition) is 2. The summed E-state index contributed by atoms with van der Waals surface area (Å²) in [7, 11) is 0. The summed E-state index contributed by atoms with van der Waals surface area (Å²) in [6.45, 7) is 1.31. The first-order valence-electron chi connectivity index (χ1n) is 12.1. The van der Waals surface area contributed by atoms with E-state index in [9.17, 15) is 37.1 Å². The van der Waals surface area contributed by atoms with E-state index in [1.54, 1.807) is 6.07 Å². The Bertz CT molecular complexity index is 1500. The van der Waals surface area contributed by atoms with Gasteiger partial charge in [0.1, 0.15) is 18.3 Å². The predicted molar refractivity (Wildman–Crippen MR) is 130 cm³/mol. The summed E-state index contributed by atoms with van der Waals surface area (Å²) in [6, 6.07) is 6.00. The van der Waals surface area contributed by atoms with Crippen molar-refractivity contribution in [1.29, 1.82) is 0 Å². The number of phenols is 1. The lowest BCUT2D eigenvalue weighted by atomic mass is 10.1. The fourth-order valence-corrected chi connectivity index (χ4v) is 5.00. The van der Waals surface area contributed by atoms with Gasteiger partial charge >= 0.3 is 6.36 Å². The number of phenolic OH excluding ortho intramolecular Hbond substituents is 1. The highest BCUT2D eigenvalue weighted by Gasteiger charge is 2.52. The molecule has 2 N–H and O–H groups in total. The van der Waals surface area contributed by atoms with Gasteiger partial charge < -0.3 is 34.1 Å². The topological polar surface area (TPSA) is 119 Å². The molecule has 3 aromatic rings. The molecule has 0 bridgehead atoms. The summed E-state index contributed by atoms with van der Waals surface area (Å²) < 4.78 is 69.1. The lowest BCUT2D eigenvalue weighted by Gasteiger charge is -2.24. The zero-order valence-electron chi connectivity index (χ0n) is 21.0. The van der Waals surface area contributed by atoms with Crippen molar-refractivity contribution in [3.63, 3.8) is 0 Å². The van der Waals surface area contributed by atoms with Crippen LogP contribution in [-0.4, -0.2) is 70.1 Å². The zero-order valence-corrected chi connectivity index (χ0v) is 21.0.